The quantitative estimate of drug-likeness (QED) is 0.923. The number of hydrogen-bond acceptors (Lipinski definition) is 3. The summed E-state index contributed by atoms with van der Waals surface area (Å²) in [4.78, 5) is 25.6. The zero-order valence-electron chi connectivity index (χ0n) is 13.8. The minimum absolute atomic E-state index is 0.0190. The molecule has 0 bridgehead atoms. The third-order valence-electron chi connectivity index (χ3n) is 4.52. The van der Waals surface area contributed by atoms with Crippen LogP contribution in [0.25, 0.3) is 11.3 Å². The number of likely N-dealkylation sites (tertiary alicyclic amines) is 1. The van der Waals surface area contributed by atoms with Gasteiger partial charge in [0.2, 0.25) is 0 Å². The van der Waals surface area contributed by atoms with Crippen molar-refractivity contribution in [1.82, 2.24) is 14.7 Å². The van der Waals surface area contributed by atoms with E-state index in [2.05, 4.69) is 5.10 Å². The Morgan fingerprint density at radius 1 is 1.32 bits per heavy atom. The van der Waals surface area contributed by atoms with E-state index >= 15 is 0 Å². The number of rotatable bonds is 3. The van der Waals surface area contributed by atoms with Crippen LogP contribution in [-0.4, -0.2) is 44.8 Å². The summed E-state index contributed by atoms with van der Waals surface area (Å²) >= 11 is 0. The first-order chi connectivity index (χ1) is 11.7. The fourth-order valence-corrected chi connectivity index (χ4v) is 3.00. The second kappa shape index (κ2) is 5.94. The van der Waals surface area contributed by atoms with E-state index < -0.39 is 28.9 Å². The Bertz CT molecular complexity index is 865. The van der Waals surface area contributed by atoms with Crippen molar-refractivity contribution < 1.29 is 23.5 Å². The lowest BCUT2D eigenvalue weighted by Gasteiger charge is -2.20. The molecule has 0 aliphatic carbocycles. The third kappa shape index (κ3) is 2.99. The lowest BCUT2D eigenvalue weighted by molar-refractivity contribution is -0.147. The van der Waals surface area contributed by atoms with Crippen molar-refractivity contribution in [2.24, 2.45) is 12.5 Å². The fourth-order valence-electron chi connectivity index (χ4n) is 3.00. The molecule has 2 aromatic rings. The lowest BCUT2D eigenvalue weighted by atomic mass is 9.90. The first-order valence-electron chi connectivity index (χ1n) is 7.73. The van der Waals surface area contributed by atoms with Crippen molar-refractivity contribution in [3.63, 3.8) is 0 Å². The Kier molecular flexibility index (Phi) is 4.06. The summed E-state index contributed by atoms with van der Waals surface area (Å²) in [7, 11) is 1.59. The van der Waals surface area contributed by atoms with Gasteiger partial charge in [-0.05, 0) is 25.5 Å². The van der Waals surface area contributed by atoms with Crippen molar-refractivity contribution in [3.8, 4) is 11.3 Å². The first-order valence-corrected chi connectivity index (χ1v) is 7.73. The topological polar surface area (TPSA) is 75.4 Å². The predicted octanol–water partition coefficient (Wildman–Crippen LogP) is 2.30. The molecule has 1 fully saturated rings. The number of carbonyl (C=O) groups excluding carboxylic acids is 1. The molecule has 0 saturated carbocycles. The van der Waals surface area contributed by atoms with Gasteiger partial charge in [-0.15, -0.1) is 0 Å². The van der Waals surface area contributed by atoms with Crippen LogP contribution in [0.1, 0.15) is 23.7 Å². The highest BCUT2D eigenvalue weighted by Gasteiger charge is 2.43. The van der Waals surface area contributed by atoms with Gasteiger partial charge in [-0.1, -0.05) is 0 Å². The predicted molar refractivity (Wildman–Crippen MR) is 84.8 cm³/mol. The number of halogens is 2. The monoisotopic (exact) mass is 349 g/mol. The van der Waals surface area contributed by atoms with Crippen LogP contribution >= 0.6 is 0 Å². The average Bonchev–Trinajstić information content (AvgIpc) is 3.11. The first kappa shape index (κ1) is 17.1. The normalized spacial score (nSPS) is 20.1. The Labute approximate surface area is 142 Å². The summed E-state index contributed by atoms with van der Waals surface area (Å²) < 4.78 is 28.6. The summed E-state index contributed by atoms with van der Waals surface area (Å²) in [6.45, 7) is 1.95. The van der Waals surface area contributed by atoms with Gasteiger partial charge >= 0.3 is 5.97 Å². The second-order valence-electron chi connectivity index (χ2n) is 6.53. The zero-order chi connectivity index (χ0) is 18.4. The highest BCUT2D eigenvalue weighted by Crippen LogP contribution is 2.33. The molecule has 1 atom stereocenters. The van der Waals surface area contributed by atoms with E-state index in [1.54, 1.807) is 14.0 Å². The number of carboxylic acids is 1. The van der Waals surface area contributed by atoms with E-state index in [1.165, 1.54) is 21.8 Å². The summed E-state index contributed by atoms with van der Waals surface area (Å²) in [5, 5.41) is 13.4. The molecule has 6 nitrogen and oxygen atoms in total. The number of aliphatic carboxylic acids is 1. The number of hydrogen-bond donors (Lipinski definition) is 1. The van der Waals surface area contributed by atoms with E-state index in [9.17, 15) is 23.5 Å². The number of aromatic nitrogens is 2. The van der Waals surface area contributed by atoms with Crippen LogP contribution in [0.2, 0.25) is 0 Å². The molecule has 3 rings (SSSR count). The maximum Gasteiger partial charge on any atom is 0.311 e. The van der Waals surface area contributed by atoms with Gasteiger partial charge in [0.25, 0.3) is 5.91 Å². The number of benzene rings is 1. The van der Waals surface area contributed by atoms with Gasteiger partial charge in [0.1, 0.15) is 17.3 Å². The Hall–Kier alpha value is -2.77. The van der Waals surface area contributed by atoms with Crippen LogP contribution in [0, 0.1) is 17.0 Å². The molecule has 1 N–H and O–H groups in total. The van der Waals surface area contributed by atoms with E-state index in [4.69, 9.17) is 0 Å². The molecular formula is C17H17F2N3O3. The highest BCUT2D eigenvalue weighted by molar-refractivity contribution is 6.00. The second-order valence-corrected chi connectivity index (χ2v) is 6.53. The molecule has 1 saturated heterocycles. The zero-order valence-corrected chi connectivity index (χ0v) is 13.8. The molecule has 1 amide bonds. The van der Waals surface area contributed by atoms with Gasteiger partial charge in [-0.2, -0.15) is 5.10 Å². The van der Waals surface area contributed by atoms with Crippen LogP contribution < -0.4 is 0 Å². The molecular weight excluding hydrogens is 332 g/mol. The van der Waals surface area contributed by atoms with Crippen molar-refractivity contribution in [2.75, 3.05) is 13.1 Å². The minimum atomic E-state index is -1.00. The van der Waals surface area contributed by atoms with Crippen LogP contribution in [0.3, 0.4) is 0 Å². The van der Waals surface area contributed by atoms with Crippen molar-refractivity contribution in [2.45, 2.75) is 13.3 Å². The summed E-state index contributed by atoms with van der Waals surface area (Å²) in [6, 6.07) is 3.06. The van der Waals surface area contributed by atoms with Crippen molar-refractivity contribution in [1.29, 1.82) is 0 Å². The van der Waals surface area contributed by atoms with Gasteiger partial charge in [0.15, 0.2) is 0 Å². The molecule has 2 heterocycles. The number of carboxylic acid groups (broad SMARTS) is 1. The molecule has 132 valence electrons. The highest BCUT2D eigenvalue weighted by atomic mass is 19.1. The van der Waals surface area contributed by atoms with Crippen molar-refractivity contribution in [3.05, 3.63) is 41.6 Å². The SMILES string of the molecule is Cn1cc(C(=O)N2CCC(C)(C(=O)O)C2)c(-c2ccc(F)cc2F)n1. The van der Waals surface area contributed by atoms with Crippen LogP contribution in [-0.2, 0) is 11.8 Å². The average molecular weight is 349 g/mol. The Morgan fingerprint density at radius 3 is 2.64 bits per heavy atom. The molecule has 0 radical (unpaired) electrons. The summed E-state index contributed by atoms with van der Waals surface area (Å²) in [5.41, 5.74) is -0.721. The number of carbonyl (C=O) groups is 2. The van der Waals surface area contributed by atoms with E-state index in [0.29, 0.717) is 13.0 Å². The molecule has 1 aliphatic heterocycles. The molecule has 1 unspecified atom stereocenters. The summed E-state index contributed by atoms with van der Waals surface area (Å²) in [6.07, 6.45) is 1.80. The van der Waals surface area contributed by atoms with Gasteiger partial charge in [0.05, 0.1) is 11.0 Å². The summed E-state index contributed by atoms with van der Waals surface area (Å²) in [5.74, 6) is -2.91. The maximum atomic E-state index is 14.1. The van der Waals surface area contributed by atoms with Crippen molar-refractivity contribution >= 4 is 11.9 Å². The molecule has 25 heavy (non-hydrogen) atoms. The molecule has 8 heteroatoms. The molecule has 1 aromatic heterocycles. The molecule has 1 aliphatic rings. The van der Waals surface area contributed by atoms with Crippen LogP contribution in [0.15, 0.2) is 24.4 Å². The van der Waals surface area contributed by atoms with E-state index in [0.717, 1.165) is 12.1 Å². The number of nitrogens with zero attached hydrogens (tertiary/aromatic N) is 3. The number of aryl methyl sites for hydroxylation is 1. The van der Waals surface area contributed by atoms with E-state index in [-0.39, 0.29) is 23.4 Å². The Balaban J connectivity index is 1.96. The number of amides is 1. The third-order valence-corrected chi connectivity index (χ3v) is 4.52. The molecule has 1 aromatic carbocycles. The van der Waals surface area contributed by atoms with Crippen LogP contribution in [0.5, 0.6) is 0 Å². The van der Waals surface area contributed by atoms with Gasteiger partial charge in [-0.25, -0.2) is 8.78 Å². The van der Waals surface area contributed by atoms with Crippen LogP contribution in [0.4, 0.5) is 8.78 Å². The molecule has 0 spiro atoms. The van der Waals surface area contributed by atoms with Gasteiger partial charge in [0, 0.05) is 38.0 Å². The van der Waals surface area contributed by atoms with Gasteiger partial charge in [-0.3, -0.25) is 14.3 Å². The minimum Gasteiger partial charge on any atom is -0.481 e. The maximum absolute atomic E-state index is 14.1. The standard InChI is InChI=1S/C17H17F2N3O3/c1-17(16(24)25)5-6-22(9-17)15(23)12-8-21(2)20-14(12)11-4-3-10(18)7-13(11)19/h3-4,7-8H,5-6,9H2,1-2H3,(H,24,25). The largest absolute Gasteiger partial charge is 0.481 e. The Morgan fingerprint density at radius 2 is 2.04 bits per heavy atom. The fraction of sp³-hybridized carbons (Fsp3) is 0.353. The smallest absolute Gasteiger partial charge is 0.311 e. The van der Waals surface area contributed by atoms with Gasteiger partial charge < -0.3 is 10.0 Å². The van der Waals surface area contributed by atoms with E-state index in [1.807, 2.05) is 0 Å². The lowest BCUT2D eigenvalue weighted by Crippen LogP contribution is -2.35.